The maximum Gasteiger partial charge on any atom is 0.421 e. The van der Waals surface area contributed by atoms with Crippen LogP contribution in [0.25, 0.3) is 66.5 Å². The monoisotopic (exact) mass is 1720 g/mol. The number of rotatable bonds is 21. The highest BCUT2D eigenvalue weighted by atomic mass is 35.5. The number of nitrogens with one attached hydrogen (secondary N) is 5. The van der Waals surface area contributed by atoms with Crippen molar-refractivity contribution in [3.05, 3.63) is 191 Å². The maximum absolute atomic E-state index is 13.2. The van der Waals surface area contributed by atoms with Crippen LogP contribution in [-0.4, -0.2) is 205 Å². The lowest BCUT2D eigenvalue weighted by molar-refractivity contribution is 0.0539. The molecule has 0 saturated carbocycles. The molecule has 6 aromatic heterocycles. The Morgan fingerprint density at radius 3 is 1.29 bits per heavy atom. The number of anilines is 3. The number of aryl methyl sites for hydroxylation is 3. The third-order valence-corrected chi connectivity index (χ3v) is 19.6. The number of nitrogens with zero attached hydrogens (tertiary/aromatic N) is 13. The third kappa shape index (κ3) is 23.8. The van der Waals surface area contributed by atoms with Crippen LogP contribution in [0.4, 0.5) is 22.6 Å². The first-order valence-electron chi connectivity index (χ1n) is 35.5. The number of carboxylic acids is 1. The molecular formula is C82H97Cl6N19O10. The highest BCUT2D eigenvalue weighted by molar-refractivity contribution is 6.43. The van der Waals surface area contributed by atoms with E-state index in [9.17, 15) is 29.1 Å². The molecule has 0 aliphatic rings. The van der Waals surface area contributed by atoms with Gasteiger partial charge in [0.25, 0.3) is 11.8 Å². The number of aromatic amines is 2. The summed E-state index contributed by atoms with van der Waals surface area (Å²) in [4.78, 5) is 111. The molecular weight excluding hydrogens is 1620 g/mol. The van der Waals surface area contributed by atoms with Crippen LogP contribution in [0.3, 0.4) is 0 Å². The highest BCUT2D eigenvalue weighted by Gasteiger charge is 2.27. The lowest BCUT2D eigenvalue weighted by Gasteiger charge is -2.19. The minimum Gasteiger partial charge on any atom is -0.495 e. The number of likely N-dealkylation sites (N-methyl/N-ethyl adjacent to an activating group) is 4. The van der Waals surface area contributed by atoms with Crippen LogP contribution in [-0.2, 0) is 11.3 Å². The second-order valence-corrected chi connectivity index (χ2v) is 30.0. The first-order valence-corrected chi connectivity index (χ1v) is 37.7. The molecule has 0 saturated heterocycles. The fourth-order valence-corrected chi connectivity index (χ4v) is 13.1. The first-order chi connectivity index (χ1) is 54.6. The summed E-state index contributed by atoms with van der Waals surface area (Å²) in [7, 11) is 16.8. The summed E-state index contributed by atoms with van der Waals surface area (Å²) in [6.45, 7) is 19.7. The van der Waals surface area contributed by atoms with E-state index in [2.05, 4.69) is 99.6 Å². The van der Waals surface area contributed by atoms with Crippen LogP contribution in [0.15, 0.2) is 110 Å². The van der Waals surface area contributed by atoms with Gasteiger partial charge in [0.1, 0.15) is 39.4 Å². The lowest BCUT2D eigenvalue weighted by atomic mass is 9.98. The van der Waals surface area contributed by atoms with Crippen molar-refractivity contribution in [2.75, 3.05) is 106 Å². The molecule has 35 heteroatoms. The molecule has 0 bridgehead atoms. The van der Waals surface area contributed by atoms with Crippen molar-refractivity contribution in [1.29, 1.82) is 0 Å². The lowest BCUT2D eigenvalue weighted by Crippen LogP contribution is -2.28. The van der Waals surface area contributed by atoms with Crippen LogP contribution < -0.4 is 35.9 Å². The van der Waals surface area contributed by atoms with Crippen LogP contribution in [0, 0.1) is 20.8 Å². The van der Waals surface area contributed by atoms with Crippen molar-refractivity contribution in [3.8, 4) is 50.6 Å². The molecule has 12 aromatic rings. The van der Waals surface area contributed by atoms with Gasteiger partial charge in [-0.3, -0.25) is 59.8 Å². The highest BCUT2D eigenvalue weighted by Crippen LogP contribution is 2.48. The molecule has 0 aliphatic heterocycles. The Hall–Kier alpha value is -10.7. The number of H-pyrrole nitrogens is 2. The number of nitrogen functional groups attached to an aromatic ring is 1. The van der Waals surface area contributed by atoms with Gasteiger partial charge in [0.2, 0.25) is 17.8 Å². The van der Waals surface area contributed by atoms with Crippen LogP contribution >= 0.6 is 69.6 Å². The number of ether oxygens (including phenoxy) is 4. The summed E-state index contributed by atoms with van der Waals surface area (Å²) in [5.74, 6) is 0.433. The van der Waals surface area contributed by atoms with Gasteiger partial charge in [-0.25, -0.2) is 29.1 Å². The van der Waals surface area contributed by atoms with Gasteiger partial charge in [0.15, 0.2) is 6.29 Å². The van der Waals surface area contributed by atoms with E-state index in [1.807, 2.05) is 62.8 Å². The molecule has 0 aliphatic carbocycles. The van der Waals surface area contributed by atoms with Gasteiger partial charge in [0.05, 0.1) is 114 Å². The number of fused-ring (bicyclic) bond motifs is 3. The average molecular weight is 1720 g/mol. The molecule has 0 spiro atoms. The van der Waals surface area contributed by atoms with Gasteiger partial charge in [0, 0.05) is 109 Å². The number of hydrogen-bond donors (Lipinski definition) is 7. The Morgan fingerprint density at radius 1 is 0.564 bits per heavy atom. The number of imidazole rings is 3. The fraction of sp³-hybridized carbons (Fsp3) is 0.317. The Balaban J connectivity index is 0.000000242. The topological polar surface area (TPSA) is 367 Å². The third-order valence-electron chi connectivity index (χ3n) is 17.0. The molecule has 2 amide bonds. The smallest absolute Gasteiger partial charge is 0.421 e. The second-order valence-electron chi connectivity index (χ2n) is 27.7. The van der Waals surface area contributed by atoms with Crippen molar-refractivity contribution in [2.24, 2.45) is 0 Å². The maximum atomic E-state index is 13.2. The van der Waals surface area contributed by atoms with E-state index in [0.29, 0.717) is 133 Å². The largest absolute Gasteiger partial charge is 0.495 e. The van der Waals surface area contributed by atoms with Gasteiger partial charge < -0.3 is 54.9 Å². The van der Waals surface area contributed by atoms with Crippen LogP contribution in [0.1, 0.15) is 125 Å². The van der Waals surface area contributed by atoms with Crippen molar-refractivity contribution >= 4 is 151 Å². The number of halogens is 6. The number of aldehydes is 1. The second kappa shape index (κ2) is 43.0. The number of hydrogen-bond acceptors (Lipinski definition) is 23. The quantitative estimate of drug-likeness (QED) is 0.0329. The molecule has 29 nitrogen and oxygen atoms in total. The Morgan fingerprint density at radius 2 is 0.949 bits per heavy atom. The number of aromatic carboxylic acids is 1. The predicted octanol–water partition coefficient (Wildman–Crippen LogP) is 17.6. The molecule has 0 fully saturated rings. The molecule has 6 aromatic carbocycles. The molecule has 6 heterocycles. The zero-order valence-electron chi connectivity index (χ0n) is 66.4. The van der Waals surface area contributed by atoms with Gasteiger partial charge in [-0.2, -0.15) is 0 Å². The van der Waals surface area contributed by atoms with E-state index >= 15 is 0 Å². The molecule has 0 atom stereocenters. The molecule has 8 N–H and O–H groups in total. The number of nitrogens with two attached hydrogens (primary N) is 1. The molecule has 117 heavy (non-hydrogen) atoms. The van der Waals surface area contributed by atoms with E-state index < -0.39 is 23.6 Å². The zero-order chi connectivity index (χ0) is 84.4. The number of carboxylic acid groups (broad SMARTS) is 1. The number of methoxy groups -OCH3 is 3. The molecule has 12 rings (SSSR count). The number of carbonyl (C=O) groups is 5. The number of amides is 2. The number of carbonyl (C=O) groups excluding carboxylic acids is 4. The van der Waals surface area contributed by atoms with Gasteiger partial charge in [-0.15, -0.1) is 0 Å². The summed E-state index contributed by atoms with van der Waals surface area (Å²) in [5.41, 5.74) is 16.0. The molecule has 0 radical (unpaired) electrons. The minimum atomic E-state index is -1.08. The summed E-state index contributed by atoms with van der Waals surface area (Å²) < 4.78 is 22.5. The number of aromatic nitrogens is 12. The summed E-state index contributed by atoms with van der Waals surface area (Å²) in [5, 5.41) is 20.3. The van der Waals surface area contributed by atoms with E-state index in [1.54, 1.807) is 95.0 Å². The van der Waals surface area contributed by atoms with Crippen molar-refractivity contribution < 1.29 is 48.0 Å². The normalized spacial score (nSPS) is 11.0. The van der Waals surface area contributed by atoms with Crippen LogP contribution in [0.2, 0.25) is 30.1 Å². The zero-order valence-corrected chi connectivity index (χ0v) is 70.9. The van der Waals surface area contributed by atoms with E-state index in [1.165, 1.54) is 62.0 Å². The predicted molar refractivity (Wildman–Crippen MR) is 467 cm³/mol. The summed E-state index contributed by atoms with van der Waals surface area (Å²) in [6.07, 6.45) is 13.8. The minimum absolute atomic E-state index is 0. The Labute approximate surface area is 709 Å². The number of benzene rings is 6. The van der Waals surface area contributed by atoms with Gasteiger partial charge >= 0.3 is 12.1 Å². The summed E-state index contributed by atoms with van der Waals surface area (Å²) >= 11 is 39.4. The fourth-order valence-electron chi connectivity index (χ4n) is 11.2. The molecule has 622 valence electrons. The van der Waals surface area contributed by atoms with Crippen molar-refractivity contribution in [2.45, 2.75) is 88.3 Å². The van der Waals surface area contributed by atoms with Gasteiger partial charge in [-0.05, 0) is 143 Å². The van der Waals surface area contributed by atoms with Crippen molar-refractivity contribution in [1.82, 2.24) is 79.4 Å². The van der Waals surface area contributed by atoms with Crippen LogP contribution in [0.5, 0.6) is 17.2 Å². The van der Waals surface area contributed by atoms with Gasteiger partial charge in [-0.1, -0.05) is 117 Å². The average Bonchev–Trinajstić information content (AvgIpc) is 1.70. The Bertz CT molecular complexity index is 5520. The van der Waals surface area contributed by atoms with E-state index in [4.69, 9.17) is 94.3 Å². The molecule has 0 unspecified atom stereocenters. The first kappa shape index (κ1) is 95.1. The standard InChI is InChI=1S/C26H29Cl2N7O2.C21H15Cl2N5O3.C17H12Cl2N2O3.C11H19N3O2.C5H14N2.2CH4/c1-15-12-19(37-5)22(28)20(21(15)27)17-6-7-18(24-23(17)29-8-9-30-24)25(36)33-26-31-13-16(32-26)14-35(4)11-10-34(2)3;1-10-7-14(31-2)17(23)15(16(10)22)12-3-4-13(19-18(12)24-5-6-25-19)20(30)28-21-26-8-11(9-29)27-21;1-8-7-11(24-2)14(19)12(13(8)18)9-3-4-10(17(22)23)16-15(9)20-5-6-21-16;1-7(2)8-6-14(9(12)13-8)10(15)16-11(3,4)5;1-6-4-5-7(2)3;;/h6-9,12-13H,10-11,14H2,1-5H3,(H2,31,32,33,36);3-9H,1-2H3,(H2,26,27,28,30);3-7H,1-2H3,(H,22,23);6-7H,1-5H3,(H2,12,13);6H,4-5H2,1-3H3;2*1H4. The van der Waals surface area contributed by atoms with Crippen molar-refractivity contribution in [3.63, 3.8) is 0 Å². The van der Waals surface area contributed by atoms with E-state index in [0.717, 1.165) is 54.3 Å². The SMILES string of the molecule is C.C.CC(C)c1cn(C(=O)OC(C)(C)C)c(N)n1.CNCCN(C)C.COc1cc(C)c(Cl)c(-c2ccc(C(=O)Nc3ncc(C=O)[nH]3)c3nccnc23)c1Cl.COc1cc(C)c(Cl)c(-c2ccc(C(=O)Nc3ncc(CN(C)CCN(C)C)[nH]3)c3nccnc23)c1Cl.COc1cc(C)c(Cl)c(-c2ccc(C(=O)O)c3nccnc23)c1Cl. The summed E-state index contributed by atoms with van der Waals surface area (Å²) in [6, 6.07) is 15.1. The Kier molecular flexibility index (Phi) is 34.9. The van der Waals surface area contributed by atoms with E-state index in [-0.39, 0.29) is 60.9 Å².